The molecule has 1 aromatic rings. The summed E-state index contributed by atoms with van der Waals surface area (Å²) >= 11 is 0. The number of hydrogen-bond donors (Lipinski definition) is 0. The molecule has 5 nitrogen and oxygen atoms in total. The SMILES string of the molecule is CCC(OC)c1cnc(OC)c(N2CCC(C#N)CC2)c1. The van der Waals surface area contributed by atoms with E-state index in [-0.39, 0.29) is 12.0 Å². The summed E-state index contributed by atoms with van der Waals surface area (Å²) in [6.07, 6.45) is 4.57. The smallest absolute Gasteiger partial charge is 0.237 e. The van der Waals surface area contributed by atoms with Crippen molar-refractivity contribution in [2.45, 2.75) is 32.3 Å². The molecule has 2 heterocycles. The molecule has 0 aliphatic carbocycles. The van der Waals surface area contributed by atoms with Crippen molar-refractivity contribution in [3.8, 4) is 11.9 Å². The number of nitrogens with zero attached hydrogens (tertiary/aromatic N) is 3. The van der Waals surface area contributed by atoms with E-state index in [2.05, 4.69) is 28.9 Å². The maximum Gasteiger partial charge on any atom is 0.237 e. The zero-order valence-electron chi connectivity index (χ0n) is 13.0. The first-order valence-electron chi connectivity index (χ1n) is 7.44. The predicted molar refractivity (Wildman–Crippen MR) is 81.4 cm³/mol. The minimum absolute atomic E-state index is 0.0544. The number of anilines is 1. The lowest BCUT2D eigenvalue weighted by molar-refractivity contribution is 0.0997. The number of nitriles is 1. The maximum absolute atomic E-state index is 9.01. The number of hydrogen-bond acceptors (Lipinski definition) is 5. The van der Waals surface area contributed by atoms with Gasteiger partial charge in [-0.1, -0.05) is 6.92 Å². The molecule has 114 valence electrons. The van der Waals surface area contributed by atoms with Crippen molar-refractivity contribution in [1.29, 1.82) is 5.26 Å². The Hall–Kier alpha value is -1.80. The van der Waals surface area contributed by atoms with E-state index in [1.165, 1.54) is 0 Å². The van der Waals surface area contributed by atoms with Crippen LogP contribution >= 0.6 is 0 Å². The standard InChI is InChI=1S/C16H23N3O2/c1-4-15(20-2)13-9-14(16(21-3)18-11-13)19-7-5-12(10-17)6-8-19/h9,11-12,15H,4-8H2,1-3H3. The first-order valence-corrected chi connectivity index (χ1v) is 7.44. The third-order valence-electron chi connectivity index (χ3n) is 4.09. The van der Waals surface area contributed by atoms with Crippen molar-refractivity contribution in [2.75, 3.05) is 32.2 Å². The molecule has 0 aromatic carbocycles. The van der Waals surface area contributed by atoms with Gasteiger partial charge in [-0.25, -0.2) is 4.98 Å². The lowest BCUT2D eigenvalue weighted by atomic mass is 9.98. The first-order chi connectivity index (χ1) is 10.2. The zero-order valence-corrected chi connectivity index (χ0v) is 13.0. The van der Waals surface area contributed by atoms with E-state index in [0.717, 1.165) is 43.6 Å². The lowest BCUT2D eigenvalue weighted by Gasteiger charge is -2.32. The van der Waals surface area contributed by atoms with Crippen LogP contribution in [-0.2, 0) is 4.74 Å². The highest BCUT2D eigenvalue weighted by Gasteiger charge is 2.23. The molecule has 0 spiro atoms. The van der Waals surface area contributed by atoms with Crippen LogP contribution in [-0.4, -0.2) is 32.3 Å². The Morgan fingerprint density at radius 1 is 1.43 bits per heavy atom. The lowest BCUT2D eigenvalue weighted by Crippen LogP contribution is -2.33. The Labute approximate surface area is 126 Å². The summed E-state index contributed by atoms with van der Waals surface area (Å²) in [7, 11) is 3.36. The van der Waals surface area contributed by atoms with Gasteiger partial charge in [0.15, 0.2) is 0 Å². The molecule has 1 aromatic heterocycles. The van der Waals surface area contributed by atoms with Crippen LogP contribution in [0.5, 0.6) is 5.88 Å². The van der Waals surface area contributed by atoms with Gasteiger partial charge in [0, 0.05) is 37.9 Å². The molecule has 21 heavy (non-hydrogen) atoms. The van der Waals surface area contributed by atoms with Crippen LogP contribution in [0.2, 0.25) is 0 Å². The fourth-order valence-corrected chi connectivity index (χ4v) is 2.80. The maximum atomic E-state index is 9.01. The molecule has 1 saturated heterocycles. The van der Waals surface area contributed by atoms with E-state index in [0.29, 0.717) is 5.88 Å². The normalized spacial score (nSPS) is 17.3. The van der Waals surface area contributed by atoms with Crippen LogP contribution in [0.25, 0.3) is 0 Å². The van der Waals surface area contributed by atoms with Crippen molar-refractivity contribution in [2.24, 2.45) is 5.92 Å². The highest BCUT2D eigenvalue weighted by Crippen LogP contribution is 2.33. The van der Waals surface area contributed by atoms with Crippen molar-refractivity contribution in [3.63, 3.8) is 0 Å². The van der Waals surface area contributed by atoms with Crippen molar-refractivity contribution in [1.82, 2.24) is 4.98 Å². The molecule has 0 N–H and O–H groups in total. The fourth-order valence-electron chi connectivity index (χ4n) is 2.80. The summed E-state index contributed by atoms with van der Waals surface area (Å²) in [5.74, 6) is 0.811. The second kappa shape index (κ2) is 7.28. The highest BCUT2D eigenvalue weighted by atomic mass is 16.5. The average Bonchev–Trinajstić information content (AvgIpc) is 2.56. The quantitative estimate of drug-likeness (QED) is 0.834. The summed E-state index contributed by atoms with van der Waals surface area (Å²) in [5, 5.41) is 9.01. The predicted octanol–water partition coefficient (Wildman–Crippen LogP) is 2.93. The molecular formula is C16H23N3O2. The molecule has 1 aliphatic heterocycles. The molecule has 1 fully saturated rings. The summed E-state index contributed by atoms with van der Waals surface area (Å²) < 4.78 is 10.9. The molecule has 2 rings (SSSR count). The Kier molecular flexibility index (Phi) is 5.40. The van der Waals surface area contributed by atoms with Gasteiger partial charge in [-0.2, -0.15) is 5.26 Å². The molecule has 1 atom stereocenters. The molecule has 0 amide bonds. The number of piperidine rings is 1. The van der Waals surface area contributed by atoms with Crippen LogP contribution in [0.15, 0.2) is 12.3 Å². The van der Waals surface area contributed by atoms with Gasteiger partial charge in [0.05, 0.1) is 19.3 Å². The van der Waals surface area contributed by atoms with Gasteiger partial charge < -0.3 is 14.4 Å². The largest absolute Gasteiger partial charge is 0.480 e. The van der Waals surface area contributed by atoms with Gasteiger partial charge in [0.1, 0.15) is 5.69 Å². The molecule has 0 bridgehead atoms. The molecule has 1 aliphatic rings. The minimum atomic E-state index is 0.0544. The molecule has 1 unspecified atom stereocenters. The van der Waals surface area contributed by atoms with E-state index in [1.807, 2.05) is 6.20 Å². The molecule has 0 saturated carbocycles. The summed E-state index contributed by atoms with van der Waals surface area (Å²) in [4.78, 5) is 6.67. The fraction of sp³-hybridized carbons (Fsp3) is 0.625. The number of pyridine rings is 1. The van der Waals surface area contributed by atoms with Crippen molar-refractivity contribution in [3.05, 3.63) is 17.8 Å². The van der Waals surface area contributed by atoms with Crippen molar-refractivity contribution < 1.29 is 9.47 Å². The van der Waals surface area contributed by atoms with Crippen LogP contribution in [0.1, 0.15) is 37.9 Å². The number of aromatic nitrogens is 1. The summed E-state index contributed by atoms with van der Waals surface area (Å²) in [6.45, 7) is 3.82. The number of rotatable bonds is 5. The number of ether oxygens (including phenoxy) is 2. The summed E-state index contributed by atoms with van der Waals surface area (Å²) in [5.41, 5.74) is 2.07. The average molecular weight is 289 g/mol. The van der Waals surface area contributed by atoms with Crippen LogP contribution in [0.4, 0.5) is 5.69 Å². The third kappa shape index (κ3) is 3.45. The summed E-state index contributed by atoms with van der Waals surface area (Å²) in [6, 6.07) is 4.47. The Balaban J connectivity index is 2.24. The number of methoxy groups -OCH3 is 2. The highest BCUT2D eigenvalue weighted by molar-refractivity contribution is 5.57. The second-order valence-corrected chi connectivity index (χ2v) is 5.32. The monoisotopic (exact) mass is 289 g/mol. The topological polar surface area (TPSA) is 58.4 Å². The second-order valence-electron chi connectivity index (χ2n) is 5.32. The van der Waals surface area contributed by atoms with E-state index in [4.69, 9.17) is 14.7 Å². The minimum Gasteiger partial charge on any atom is -0.480 e. The van der Waals surface area contributed by atoms with Gasteiger partial charge in [0.25, 0.3) is 0 Å². The van der Waals surface area contributed by atoms with E-state index < -0.39 is 0 Å². The van der Waals surface area contributed by atoms with E-state index in [9.17, 15) is 0 Å². The van der Waals surface area contributed by atoms with Gasteiger partial charge >= 0.3 is 0 Å². The Bertz CT molecular complexity index is 501. The first kappa shape index (κ1) is 15.6. The van der Waals surface area contributed by atoms with Crippen molar-refractivity contribution >= 4 is 5.69 Å². The van der Waals surface area contributed by atoms with Crippen LogP contribution in [0.3, 0.4) is 0 Å². The third-order valence-corrected chi connectivity index (χ3v) is 4.09. The zero-order chi connectivity index (χ0) is 15.2. The molecule has 5 heteroatoms. The molecule has 0 radical (unpaired) electrons. The van der Waals surface area contributed by atoms with Crippen LogP contribution in [0, 0.1) is 17.2 Å². The Morgan fingerprint density at radius 2 is 2.14 bits per heavy atom. The van der Waals surface area contributed by atoms with Gasteiger partial charge in [-0.15, -0.1) is 0 Å². The van der Waals surface area contributed by atoms with Gasteiger partial charge in [-0.3, -0.25) is 0 Å². The van der Waals surface area contributed by atoms with Crippen LogP contribution < -0.4 is 9.64 Å². The Morgan fingerprint density at radius 3 is 2.67 bits per heavy atom. The van der Waals surface area contributed by atoms with E-state index in [1.54, 1.807) is 14.2 Å². The molecular weight excluding hydrogens is 266 g/mol. The van der Waals surface area contributed by atoms with Gasteiger partial charge in [-0.05, 0) is 25.3 Å². The van der Waals surface area contributed by atoms with E-state index >= 15 is 0 Å². The van der Waals surface area contributed by atoms with Gasteiger partial charge in [0.2, 0.25) is 5.88 Å².